The number of pyridine rings is 1. The van der Waals surface area contributed by atoms with Crippen LogP contribution in [0.15, 0.2) is 42.6 Å². The van der Waals surface area contributed by atoms with Crippen molar-refractivity contribution in [2.24, 2.45) is 5.92 Å². The van der Waals surface area contributed by atoms with E-state index in [-0.39, 0.29) is 23.6 Å². The summed E-state index contributed by atoms with van der Waals surface area (Å²) in [5.41, 5.74) is 0.224. The molecule has 0 fully saturated rings. The van der Waals surface area contributed by atoms with Crippen LogP contribution in [0, 0.1) is 5.92 Å². The van der Waals surface area contributed by atoms with E-state index in [2.05, 4.69) is 15.6 Å². The second-order valence-corrected chi connectivity index (χ2v) is 6.63. The molecule has 0 aliphatic carbocycles. The third-order valence-electron chi connectivity index (χ3n) is 3.98. The van der Waals surface area contributed by atoms with E-state index in [9.17, 15) is 22.8 Å². The number of hydrogen-bond donors (Lipinski definition) is 2. The molecule has 8 heteroatoms. The highest BCUT2D eigenvalue weighted by Crippen LogP contribution is 2.29. The molecule has 2 rings (SSSR count). The van der Waals surface area contributed by atoms with Gasteiger partial charge in [0.25, 0.3) is 5.91 Å². The molecule has 0 radical (unpaired) electrons. The molecule has 0 bridgehead atoms. The second kappa shape index (κ2) is 9.34. The average Bonchev–Trinajstić information content (AvgIpc) is 2.64. The Morgan fingerprint density at radius 2 is 1.89 bits per heavy atom. The lowest BCUT2D eigenvalue weighted by Gasteiger charge is -2.10. The molecular weight excluding hydrogens is 371 g/mol. The van der Waals surface area contributed by atoms with Crippen LogP contribution in [0.5, 0.6) is 0 Å². The van der Waals surface area contributed by atoms with E-state index in [1.165, 1.54) is 24.4 Å². The first-order chi connectivity index (χ1) is 13.2. The summed E-state index contributed by atoms with van der Waals surface area (Å²) in [6.45, 7) is 3.80. The second-order valence-electron chi connectivity index (χ2n) is 6.63. The predicted octanol–water partition coefficient (Wildman–Crippen LogP) is 4.06. The van der Waals surface area contributed by atoms with Crippen molar-refractivity contribution in [2.45, 2.75) is 32.9 Å². The van der Waals surface area contributed by atoms with Gasteiger partial charge in [0.1, 0.15) is 5.82 Å². The van der Waals surface area contributed by atoms with Crippen molar-refractivity contribution in [1.29, 1.82) is 0 Å². The van der Waals surface area contributed by atoms with E-state index in [1.54, 1.807) is 19.9 Å². The van der Waals surface area contributed by atoms with E-state index in [0.717, 1.165) is 12.1 Å². The lowest BCUT2D eigenvalue weighted by atomic mass is 10.1. The van der Waals surface area contributed by atoms with Crippen LogP contribution < -0.4 is 10.6 Å². The van der Waals surface area contributed by atoms with Crippen LogP contribution in [-0.2, 0) is 17.4 Å². The fourth-order valence-corrected chi connectivity index (χ4v) is 2.41. The predicted molar refractivity (Wildman–Crippen MR) is 99.8 cm³/mol. The highest BCUT2D eigenvalue weighted by atomic mass is 19.4. The Kier molecular flexibility index (Phi) is 7.14. The van der Waals surface area contributed by atoms with Crippen LogP contribution in [0.2, 0.25) is 0 Å². The van der Waals surface area contributed by atoms with E-state index in [1.807, 2.05) is 0 Å². The molecule has 0 unspecified atom stereocenters. The highest BCUT2D eigenvalue weighted by Gasteiger charge is 2.30. The SMILES string of the molecule is CC(C)C(=O)Nc1cc(C(=O)NCCCc2cccc(C(F)(F)F)c2)ccn1. The first kappa shape index (κ1) is 21.4. The largest absolute Gasteiger partial charge is 0.416 e. The van der Waals surface area contributed by atoms with Crippen molar-refractivity contribution in [2.75, 3.05) is 11.9 Å². The van der Waals surface area contributed by atoms with E-state index in [4.69, 9.17) is 0 Å². The van der Waals surface area contributed by atoms with Crippen LogP contribution in [0.25, 0.3) is 0 Å². The summed E-state index contributed by atoms with van der Waals surface area (Å²) in [6.07, 6.45) is -2.03. The number of carbonyl (C=O) groups is 2. The zero-order valence-corrected chi connectivity index (χ0v) is 15.6. The molecule has 2 N–H and O–H groups in total. The number of alkyl halides is 3. The van der Waals surface area contributed by atoms with Gasteiger partial charge in [-0.1, -0.05) is 32.0 Å². The third kappa shape index (κ3) is 6.37. The number of anilines is 1. The molecule has 0 aliphatic rings. The van der Waals surface area contributed by atoms with Crippen molar-refractivity contribution in [1.82, 2.24) is 10.3 Å². The lowest BCUT2D eigenvalue weighted by molar-refractivity contribution is -0.137. The van der Waals surface area contributed by atoms with Gasteiger partial charge in [0.15, 0.2) is 0 Å². The average molecular weight is 393 g/mol. The minimum atomic E-state index is -4.37. The minimum absolute atomic E-state index is 0.203. The number of aromatic nitrogens is 1. The highest BCUT2D eigenvalue weighted by molar-refractivity contribution is 5.96. The molecule has 0 saturated heterocycles. The molecule has 0 atom stereocenters. The molecule has 1 heterocycles. The van der Waals surface area contributed by atoms with Gasteiger partial charge in [0, 0.05) is 24.2 Å². The van der Waals surface area contributed by atoms with Gasteiger partial charge >= 0.3 is 6.18 Å². The number of hydrogen-bond acceptors (Lipinski definition) is 3. The van der Waals surface area contributed by atoms with E-state index >= 15 is 0 Å². The monoisotopic (exact) mass is 393 g/mol. The van der Waals surface area contributed by atoms with Gasteiger partial charge < -0.3 is 10.6 Å². The van der Waals surface area contributed by atoms with Gasteiger partial charge in [-0.05, 0) is 36.6 Å². The number of halogens is 3. The molecule has 0 aliphatic heterocycles. The topological polar surface area (TPSA) is 71.1 Å². The molecular formula is C20H22F3N3O2. The van der Waals surface area contributed by atoms with Gasteiger partial charge in [-0.2, -0.15) is 13.2 Å². The van der Waals surface area contributed by atoms with Crippen LogP contribution >= 0.6 is 0 Å². The minimum Gasteiger partial charge on any atom is -0.352 e. The number of carbonyl (C=O) groups excluding carboxylic acids is 2. The van der Waals surface area contributed by atoms with Crippen LogP contribution in [0.4, 0.5) is 19.0 Å². The van der Waals surface area contributed by atoms with Gasteiger partial charge in [-0.25, -0.2) is 4.98 Å². The molecule has 0 saturated carbocycles. The maximum atomic E-state index is 12.7. The Bertz CT molecular complexity index is 835. The Labute approximate surface area is 161 Å². The van der Waals surface area contributed by atoms with Gasteiger partial charge in [-0.3, -0.25) is 9.59 Å². The third-order valence-corrected chi connectivity index (χ3v) is 3.98. The fourth-order valence-electron chi connectivity index (χ4n) is 2.41. The van der Waals surface area contributed by atoms with Crippen LogP contribution in [0.1, 0.15) is 41.8 Å². The zero-order chi connectivity index (χ0) is 20.7. The van der Waals surface area contributed by atoms with Crippen molar-refractivity contribution < 1.29 is 22.8 Å². The normalized spacial score (nSPS) is 11.4. The zero-order valence-electron chi connectivity index (χ0n) is 15.6. The quantitative estimate of drug-likeness (QED) is 0.697. The maximum absolute atomic E-state index is 12.7. The molecule has 2 aromatic rings. The molecule has 28 heavy (non-hydrogen) atoms. The Morgan fingerprint density at radius 3 is 2.57 bits per heavy atom. The van der Waals surface area contributed by atoms with Crippen molar-refractivity contribution in [3.05, 3.63) is 59.3 Å². The van der Waals surface area contributed by atoms with Crippen LogP contribution in [-0.4, -0.2) is 23.3 Å². The first-order valence-corrected chi connectivity index (χ1v) is 8.88. The molecule has 2 amide bonds. The van der Waals surface area contributed by atoms with Gasteiger partial charge in [-0.15, -0.1) is 0 Å². The maximum Gasteiger partial charge on any atom is 0.416 e. The summed E-state index contributed by atoms with van der Waals surface area (Å²) >= 11 is 0. The number of nitrogens with zero attached hydrogens (tertiary/aromatic N) is 1. The number of nitrogens with one attached hydrogen (secondary N) is 2. The Morgan fingerprint density at radius 1 is 1.14 bits per heavy atom. The molecule has 150 valence electrons. The van der Waals surface area contributed by atoms with E-state index < -0.39 is 11.7 Å². The first-order valence-electron chi connectivity index (χ1n) is 8.88. The fraction of sp³-hybridized carbons (Fsp3) is 0.350. The Hall–Kier alpha value is -2.90. The van der Waals surface area contributed by atoms with Crippen molar-refractivity contribution >= 4 is 17.6 Å². The number of rotatable bonds is 7. The van der Waals surface area contributed by atoms with Crippen LogP contribution in [0.3, 0.4) is 0 Å². The standard InChI is InChI=1S/C20H22F3N3O2/c1-13(2)18(27)26-17-12-15(8-10-24-17)19(28)25-9-4-6-14-5-3-7-16(11-14)20(21,22)23/h3,5,7-8,10-13H,4,6,9H2,1-2H3,(H,25,28)(H,24,26,27). The lowest BCUT2D eigenvalue weighted by Crippen LogP contribution is -2.25. The summed E-state index contributed by atoms with van der Waals surface area (Å²) < 4.78 is 38.2. The summed E-state index contributed by atoms with van der Waals surface area (Å²) in [5.74, 6) is -0.469. The summed E-state index contributed by atoms with van der Waals surface area (Å²) in [5, 5.41) is 5.34. The smallest absolute Gasteiger partial charge is 0.352 e. The number of aryl methyl sites for hydroxylation is 1. The van der Waals surface area contributed by atoms with E-state index in [0.29, 0.717) is 30.5 Å². The molecule has 0 spiro atoms. The Balaban J connectivity index is 1.85. The van der Waals surface area contributed by atoms with Crippen molar-refractivity contribution in [3.8, 4) is 0 Å². The van der Waals surface area contributed by atoms with Gasteiger partial charge in [0.05, 0.1) is 5.56 Å². The molecule has 1 aromatic carbocycles. The van der Waals surface area contributed by atoms with Gasteiger partial charge in [0.2, 0.25) is 5.91 Å². The number of benzene rings is 1. The molecule has 1 aromatic heterocycles. The summed E-state index contributed by atoms with van der Waals surface area (Å²) in [7, 11) is 0. The summed E-state index contributed by atoms with van der Waals surface area (Å²) in [4.78, 5) is 27.9. The molecule has 5 nitrogen and oxygen atoms in total. The van der Waals surface area contributed by atoms with Crippen molar-refractivity contribution in [3.63, 3.8) is 0 Å². The number of amides is 2. The summed E-state index contributed by atoms with van der Waals surface area (Å²) in [6, 6.07) is 8.15.